The highest BCUT2D eigenvalue weighted by atomic mass is 16.5. The molecule has 0 aromatic rings. The molecule has 3 nitrogen and oxygen atoms in total. The van der Waals surface area contributed by atoms with Crippen LogP contribution in [-0.4, -0.2) is 23.3 Å². The van der Waals surface area contributed by atoms with Crippen LogP contribution in [0.4, 0.5) is 0 Å². The number of esters is 1. The molecule has 0 bridgehead atoms. The molecular formula is C16H28O3. The number of aliphatic hydroxyl groups is 1. The quantitative estimate of drug-likeness (QED) is 0.415. The van der Waals surface area contributed by atoms with Crippen LogP contribution in [0.3, 0.4) is 0 Å². The smallest absolute Gasteiger partial charge is 0.330 e. The molecule has 0 aromatic heterocycles. The van der Waals surface area contributed by atoms with Gasteiger partial charge in [-0.25, -0.2) is 4.79 Å². The summed E-state index contributed by atoms with van der Waals surface area (Å²) in [4.78, 5) is 11.2. The van der Waals surface area contributed by atoms with Gasteiger partial charge < -0.3 is 9.84 Å². The van der Waals surface area contributed by atoms with E-state index < -0.39 is 5.60 Å². The average Bonchev–Trinajstić information content (AvgIpc) is 2.24. The third-order valence-corrected chi connectivity index (χ3v) is 2.77. The molecule has 0 aliphatic carbocycles. The van der Waals surface area contributed by atoms with Crippen LogP contribution in [0.2, 0.25) is 0 Å². The van der Waals surface area contributed by atoms with Crippen molar-refractivity contribution in [2.24, 2.45) is 5.92 Å². The minimum atomic E-state index is -0.580. The van der Waals surface area contributed by atoms with E-state index in [1.54, 1.807) is 6.92 Å². The molecule has 0 spiro atoms. The van der Waals surface area contributed by atoms with Crippen molar-refractivity contribution < 1.29 is 14.6 Å². The van der Waals surface area contributed by atoms with Crippen molar-refractivity contribution in [1.29, 1.82) is 0 Å². The highest BCUT2D eigenvalue weighted by Crippen LogP contribution is 2.16. The first-order valence-corrected chi connectivity index (χ1v) is 7.00. The van der Waals surface area contributed by atoms with Crippen molar-refractivity contribution in [3.8, 4) is 0 Å². The molecular weight excluding hydrogens is 240 g/mol. The maximum Gasteiger partial charge on any atom is 0.330 e. The Bertz CT molecular complexity index is 321. The predicted octanol–water partition coefficient (Wildman–Crippen LogP) is 3.63. The van der Waals surface area contributed by atoms with Crippen molar-refractivity contribution in [3.05, 3.63) is 23.8 Å². The number of allylic oxidation sites excluding steroid dienone is 3. The second kappa shape index (κ2) is 8.92. The van der Waals surface area contributed by atoms with E-state index in [1.807, 2.05) is 26.8 Å². The minimum absolute atomic E-state index is 0.292. The SMILES string of the molecule is CCOC(=O)/C=C(C)/C=C/C(C)CCCC(C)(C)O. The number of hydrogen-bond acceptors (Lipinski definition) is 3. The first-order valence-electron chi connectivity index (χ1n) is 7.00. The molecule has 0 aliphatic rings. The summed E-state index contributed by atoms with van der Waals surface area (Å²) in [5, 5.41) is 9.62. The van der Waals surface area contributed by atoms with Crippen molar-refractivity contribution >= 4 is 5.97 Å². The van der Waals surface area contributed by atoms with Crippen LogP contribution in [0, 0.1) is 5.92 Å². The third kappa shape index (κ3) is 11.7. The summed E-state index contributed by atoms with van der Waals surface area (Å²) < 4.78 is 4.84. The van der Waals surface area contributed by atoms with Gasteiger partial charge in [0.05, 0.1) is 12.2 Å². The summed E-state index contributed by atoms with van der Waals surface area (Å²) in [5.74, 6) is 0.146. The van der Waals surface area contributed by atoms with Gasteiger partial charge in [0.2, 0.25) is 0 Å². The number of hydrogen-bond donors (Lipinski definition) is 1. The lowest BCUT2D eigenvalue weighted by molar-refractivity contribution is -0.137. The van der Waals surface area contributed by atoms with E-state index >= 15 is 0 Å². The largest absolute Gasteiger partial charge is 0.463 e. The summed E-state index contributed by atoms with van der Waals surface area (Å²) in [6, 6.07) is 0. The average molecular weight is 268 g/mol. The monoisotopic (exact) mass is 268 g/mol. The van der Waals surface area contributed by atoms with E-state index in [9.17, 15) is 9.90 Å². The highest BCUT2D eigenvalue weighted by Gasteiger charge is 2.11. The van der Waals surface area contributed by atoms with Crippen LogP contribution in [0.25, 0.3) is 0 Å². The van der Waals surface area contributed by atoms with Crippen LogP contribution in [0.1, 0.15) is 53.9 Å². The lowest BCUT2D eigenvalue weighted by Crippen LogP contribution is -2.18. The predicted molar refractivity (Wildman–Crippen MR) is 78.8 cm³/mol. The fraction of sp³-hybridized carbons (Fsp3) is 0.688. The lowest BCUT2D eigenvalue weighted by atomic mass is 9.96. The van der Waals surface area contributed by atoms with Crippen LogP contribution < -0.4 is 0 Å². The second-order valence-corrected chi connectivity index (χ2v) is 5.68. The standard InChI is InChI=1S/C16H28O3/c1-6-19-15(17)12-14(3)10-9-13(2)8-7-11-16(4,5)18/h9-10,12-13,18H,6-8,11H2,1-5H3/b10-9+,14-12+. The number of carbonyl (C=O) groups excluding carboxylic acids is 1. The summed E-state index contributed by atoms with van der Waals surface area (Å²) in [5.41, 5.74) is 0.316. The molecule has 0 rings (SSSR count). The van der Waals surface area contributed by atoms with E-state index in [0.29, 0.717) is 12.5 Å². The van der Waals surface area contributed by atoms with E-state index in [1.165, 1.54) is 6.08 Å². The fourth-order valence-electron chi connectivity index (χ4n) is 1.69. The molecule has 19 heavy (non-hydrogen) atoms. The van der Waals surface area contributed by atoms with E-state index in [4.69, 9.17) is 4.74 Å². The summed E-state index contributed by atoms with van der Waals surface area (Å²) >= 11 is 0. The normalized spacial score (nSPS) is 14.7. The Balaban J connectivity index is 4.07. The molecule has 110 valence electrons. The van der Waals surface area contributed by atoms with Gasteiger partial charge in [-0.1, -0.05) is 25.5 Å². The van der Waals surface area contributed by atoms with Crippen LogP contribution in [0.15, 0.2) is 23.8 Å². The van der Waals surface area contributed by atoms with Crippen molar-refractivity contribution in [2.75, 3.05) is 6.61 Å². The van der Waals surface area contributed by atoms with Crippen molar-refractivity contribution in [2.45, 2.75) is 59.5 Å². The van der Waals surface area contributed by atoms with E-state index in [2.05, 4.69) is 13.0 Å². The number of carbonyl (C=O) groups is 1. The maximum atomic E-state index is 11.2. The molecule has 0 aliphatic heterocycles. The summed E-state index contributed by atoms with van der Waals surface area (Å²) in [6.07, 6.45) is 8.39. The molecule has 3 heteroatoms. The van der Waals surface area contributed by atoms with Crippen molar-refractivity contribution in [3.63, 3.8) is 0 Å². The molecule has 1 unspecified atom stereocenters. The maximum absolute atomic E-state index is 11.2. The van der Waals surface area contributed by atoms with Gasteiger partial charge in [-0.3, -0.25) is 0 Å². The van der Waals surface area contributed by atoms with Gasteiger partial charge in [0.25, 0.3) is 0 Å². The molecule has 0 heterocycles. The molecule has 0 saturated heterocycles. The Hall–Kier alpha value is -1.09. The van der Waals surface area contributed by atoms with Gasteiger partial charge in [-0.15, -0.1) is 0 Å². The lowest BCUT2D eigenvalue weighted by Gasteiger charge is -2.17. The van der Waals surface area contributed by atoms with E-state index in [0.717, 1.165) is 24.8 Å². The molecule has 0 radical (unpaired) electrons. The van der Waals surface area contributed by atoms with Gasteiger partial charge in [0.15, 0.2) is 0 Å². The van der Waals surface area contributed by atoms with Gasteiger partial charge in [0.1, 0.15) is 0 Å². The first-order chi connectivity index (χ1) is 8.74. The summed E-state index contributed by atoms with van der Waals surface area (Å²) in [7, 11) is 0. The molecule has 1 atom stereocenters. The Morgan fingerprint density at radius 3 is 2.58 bits per heavy atom. The molecule has 0 amide bonds. The Labute approximate surface area is 117 Å². The highest BCUT2D eigenvalue weighted by molar-refractivity contribution is 5.83. The van der Waals surface area contributed by atoms with Crippen LogP contribution in [-0.2, 0) is 9.53 Å². The number of rotatable bonds is 8. The Morgan fingerprint density at radius 2 is 2.05 bits per heavy atom. The van der Waals surface area contributed by atoms with Gasteiger partial charge in [-0.2, -0.15) is 0 Å². The molecule has 1 N–H and O–H groups in total. The first kappa shape index (κ1) is 17.9. The second-order valence-electron chi connectivity index (χ2n) is 5.68. The van der Waals surface area contributed by atoms with Gasteiger partial charge >= 0.3 is 5.97 Å². The zero-order valence-corrected chi connectivity index (χ0v) is 12.9. The fourth-order valence-corrected chi connectivity index (χ4v) is 1.69. The van der Waals surface area contributed by atoms with Crippen molar-refractivity contribution in [1.82, 2.24) is 0 Å². The van der Waals surface area contributed by atoms with Gasteiger partial charge in [0, 0.05) is 6.08 Å². The Kier molecular flexibility index (Phi) is 8.41. The number of ether oxygens (including phenoxy) is 1. The summed E-state index contributed by atoms with van der Waals surface area (Å²) in [6.45, 7) is 9.89. The molecule has 0 saturated carbocycles. The Morgan fingerprint density at radius 1 is 1.42 bits per heavy atom. The minimum Gasteiger partial charge on any atom is -0.463 e. The zero-order chi connectivity index (χ0) is 14.9. The zero-order valence-electron chi connectivity index (χ0n) is 12.9. The van der Waals surface area contributed by atoms with Crippen LogP contribution in [0.5, 0.6) is 0 Å². The molecule has 0 aromatic carbocycles. The molecule has 0 fully saturated rings. The third-order valence-electron chi connectivity index (χ3n) is 2.77. The van der Waals surface area contributed by atoms with Crippen LogP contribution >= 0.6 is 0 Å². The topological polar surface area (TPSA) is 46.5 Å². The van der Waals surface area contributed by atoms with E-state index in [-0.39, 0.29) is 5.97 Å². The van der Waals surface area contributed by atoms with Gasteiger partial charge in [-0.05, 0) is 52.0 Å².